The van der Waals surface area contributed by atoms with Gasteiger partial charge in [0.25, 0.3) is 0 Å². The Hall–Kier alpha value is -1.95. The number of hydrogen-bond acceptors (Lipinski definition) is 3. The third kappa shape index (κ3) is 4.11. The first kappa shape index (κ1) is 21.3. The first-order valence-corrected chi connectivity index (χ1v) is 11.5. The van der Waals surface area contributed by atoms with Crippen LogP contribution in [0.15, 0.2) is 18.2 Å². The summed E-state index contributed by atoms with van der Waals surface area (Å²) in [4.78, 5) is 29.1. The number of benzene rings is 1. The molecule has 1 aromatic carbocycles. The van der Waals surface area contributed by atoms with Crippen molar-refractivity contribution < 1.29 is 14.0 Å². The lowest BCUT2D eigenvalue weighted by Gasteiger charge is -2.43. The maximum absolute atomic E-state index is 13.9. The number of likely N-dealkylation sites (tertiary alicyclic amines) is 1. The van der Waals surface area contributed by atoms with Crippen LogP contribution < -0.4 is 10.6 Å². The number of carbonyl (C=O) groups excluding carboxylic acids is 2. The summed E-state index contributed by atoms with van der Waals surface area (Å²) in [6.07, 6.45) is 6.95. The van der Waals surface area contributed by atoms with E-state index >= 15 is 0 Å². The van der Waals surface area contributed by atoms with E-state index in [9.17, 15) is 14.0 Å². The number of anilines is 1. The zero-order valence-corrected chi connectivity index (χ0v) is 18.1. The number of primary amides is 1. The van der Waals surface area contributed by atoms with Gasteiger partial charge in [-0.2, -0.15) is 0 Å². The second-order valence-corrected chi connectivity index (χ2v) is 9.71. The minimum atomic E-state index is -0.655. The Morgan fingerprint density at radius 1 is 1.10 bits per heavy atom. The first-order chi connectivity index (χ1) is 14.3. The molecule has 6 heteroatoms. The Balaban J connectivity index is 1.42. The number of nitrogens with zero attached hydrogens (tertiary/aromatic N) is 2. The van der Waals surface area contributed by atoms with E-state index in [2.05, 4.69) is 18.7 Å². The number of amides is 2. The van der Waals surface area contributed by atoms with E-state index in [-0.39, 0.29) is 24.2 Å². The fourth-order valence-electron chi connectivity index (χ4n) is 5.86. The molecule has 1 saturated carbocycles. The zero-order chi connectivity index (χ0) is 21.4. The highest BCUT2D eigenvalue weighted by Crippen LogP contribution is 2.42. The normalized spacial score (nSPS) is 28.2. The molecule has 0 aromatic heterocycles. The van der Waals surface area contributed by atoms with Crippen molar-refractivity contribution in [1.82, 2.24) is 4.90 Å². The smallest absolute Gasteiger partial charge is 0.235 e. The van der Waals surface area contributed by atoms with Gasteiger partial charge in [-0.05, 0) is 74.1 Å². The molecule has 2 N–H and O–H groups in total. The van der Waals surface area contributed by atoms with Crippen LogP contribution in [0.2, 0.25) is 0 Å². The van der Waals surface area contributed by atoms with Crippen LogP contribution in [0.1, 0.15) is 70.3 Å². The van der Waals surface area contributed by atoms with Gasteiger partial charge in [-0.25, -0.2) is 4.39 Å². The standard InChI is InChI=1S/C24H34FN3O2/c1-15(2)16-3-6-18(7-4-16)27-11-9-19(10-12-27)28-22-8-5-17(25)13-20(22)21(24(28)30)14-23(26)29/h5,8,13,15-16,18-19,21H,3-4,6-7,9-12,14H2,1-2H3,(H2,26,29)/t16-,18+,21?. The predicted octanol–water partition coefficient (Wildman–Crippen LogP) is 3.81. The van der Waals surface area contributed by atoms with Crippen molar-refractivity contribution in [3.63, 3.8) is 0 Å². The van der Waals surface area contributed by atoms with E-state index in [4.69, 9.17) is 5.73 Å². The molecule has 2 heterocycles. The van der Waals surface area contributed by atoms with Gasteiger partial charge in [-0.1, -0.05) is 13.8 Å². The van der Waals surface area contributed by atoms with E-state index in [0.29, 0.717) is 11.6 Å². The molecule has 2 aliphatic heterocycles. The molecule has 30 heavy (non-hydrogen) atoms. The Kier molecular flexibility index (Phi) is 6.14. The van der Waals surface area contributed by atoms with E-state index < -0.39 is 11.8 Å². The molecule has 0 spiro atoms. The van der Waals surface area contributed by atoms with Crippen molar-refractivity contribution in [3.8, 4) is 0 Å². The van der Waals surface area contributed by atoms with Crippen LogP contribution in [0.5, 0.6) is 0 Å². The topological polar surface area (TPSA) is 66.6 Å². The molecule has 1 unspecified atom stereocenters. The third-order valence-electron chi connectivity index (χ3n) is 7.63. The molecule has 0 bridgehead atoms. The van der Waals surface area contributed by atoms with Gasteiger partial charge in [-0.3, -0.25) is 9.59 Å². The summed E-state index contributed by atoms with van der Waals surface area (Å²) >= 11 is 0. The number of rotatable bonds is 5. The molecule has 3 aliphatic rings. The highest BCUT2D eigenvalue weighted by molar-refractivity contribution is 6.07. The second kappa shape index (κ2) is 8.66. The quantitative estimate of drug-likeness (QED) is 0.795. The number of piperidine rings is 1. The van der Waals surface area contributed by atoms with Crippen molar-refractivity contribution in [2.24, 2.45) is 17.6 Å². The third-order valence-corrected chi connectivity index (χ3v) is 7.63. The summed E-state index contributed by atoms with van der Waals surface area (Å²) in [5.74, 6) is -0.0408. The highest BCUT2D eigenvalue weighted by Gasteiger charge is 2.43. The highest BCUT2D eigenvalue weighted by atomic mass is 19.1. The molecular formula is C24H34FN3O2. The number of hydrogen-bond donors (Lipinski definition) is 1. The second-order valence-electron chi connectivity index (χ2n) is 9.71. The summed E-state index contributed by atoms with van der Waals surface area (Å²) in [6.45, 7) is 6.64. The Morgan fingerprint density at radius 3 is 2.37 bits per heavy atom. The molecule has 2 fully saturated rings. The number of carbonyl (C=O) groups is 2. The zero-order valence-electron chi connectivity index (χ0n) is 18.1. The van der Waals surface area contributed by atoms with E-state index in [1.165, 1.54) is 37.8 Å². The Morgan fingerprint density at radius 2 is 1.77 bits per heavy atom. The van der Waals surface area contributed by atoms with Crippen LogP contribution in [0.3, 0.4) is 0 Å². The summed E-state index contributed by atoms with van der Waals surface area (Å²) in [6, 6.07) is 5.24. The average Bonchev–Trinajstić information content (AvgIpc) is 2.99. The monoisotopic (exact) mass is 415 g/mol. The SMILES string of the molecule is CC(C)[C@H]1CC[C@@H](N2CCC(N3C(=O)C(CC(N)=O)c4cc(F)ccc43)CC2)CC1. The van der Waals surface area contributed by atoms with E-state index in [1.54, 1.807) is 6.07 Å². The van der Waals surface area contributed by atoms with Crippen LogP contribution in [0.4, 0.5) is 10.1 Å². The van der Waals surface area contributed by atoms with Crippen molar-refractivity contribution in [2.45, 2.75) is 76.8 Å². The molecule has 2 amide bonds. The van der Waals surface area contributed by atoms with E-state index in [1.807, 2.05) is 4.90 Å². The van der Waals surface area contributed by atoms with Crippen LogP contribution in [0.25, 0.3) is 0 Å². The fraction of sp³-hybridized carbons (Fsp3) is 0.667. The first-order valence-electron chi connectivity index (χ1n) is 11.5. The minimum Gasteiger partial charge on any atom is -0.370 e. The van der Waals surface area contributed by atoms with Crippen LogP contribution in [0, 0.1) is 17.7 Å². The molecule has 4 rings (SSSR count). The number of fused-ring (bicyclic) bond motifs is 1. The van der Waals surface area contributed by atoms with Crippen molar-refractivity contribution >= 4 is 17.5 Å². The maximum atomic E-state index is 13.9. The minimum absolute atomic E-state index is 0.0658. The van der Waals surface area contributed by atoms with Crippen molar-refractivity contribution in [3.05, 3.63) is 29.6 Å². The van der Waals surface area contributed by atoms with Gasteiger partial charge >= 0.3 is 0 Å². The largest absolute Gasteiger partial charge is 0.370 e. The van der Waals surface area contributed by atoms with E-state index in [0.717, 1.165) is 43.5 Å². The van der Waals surface area contributed by atoms with Gasteiger partial charge in [0.2, 0.25) is 11.8 Å². The Labute approximate surface area is 178 Å². The maximum Gasteiger partial charge on any atom is 0.235 e. The van der Waals surface area contributed by atoms with Gasteiger partial charge in [-0.15, -0.1) is 0 Å². The number of nitrogens with two attached hydrogens (primary N) is 1. The van der Waals surface area contributed by atoms with Crippen LogP contribution in [-0.4, -0.2) is 41.9 Å². The van der Waals surface area contributed by atoms with Gasteiger partial charge in [0.15, 0.2) is 0 Å². The number of halogens is 1. The van der Waals surface area contributed by atoms with Crippen molar-refractivity contribution in [1.29, 1.82) is 0 Å². The molecular weight excluding hydrogens is 381 g/mol. The molecule has 1 aliphatic carbocycles. The molecule has 1 atom stereocenters. The van der Waals surface area contributed by atoms with Gasteiger partial charge in [0.05, 0.1) is 5.92 Å². The summed E-state index contributed by atoms with van der Waals surface area (Å²) < 4.78 is 13.9. The lowest BCUT2D eigenvalue weighted by molar-refractivity contribution is -0.124. The predicted molar refractivity (Wildman–Crippen MR) is 116 cm³/mol. The van der Waals surface area contributed by atoms with Gasteiger partial charge < -0.3 is 15.5 Å². The summed E-state index contributed by atoms with van der Waals surface area (Å²) in [5, 5.41) is 0. The molecule has 0 radical (unpaired) electrons. The fourth-order valence-corrected chi connectivity index (χ4v) is 5.86. The summed E-state index contributed by atoms with van der Waals surface area (Å²) in [7, 11) is 0. The lowest BCUT2D eigenvalue weighted by Crippen LogP contribution is -2.50. The van der Waals surface area contributed by atoms with Crippen LogP contribution in [-0.2, 0) is 9.59 Å². The van der Waals surface area contributed by atoms with Gasteiger partial charge in [0, 0.05) is 37.3 Å². The van der Waals surface area contributed by atoms with Crippen LogP contribution >= 0.6 is 0 Å². The average molecular weight is 416 g/mol. The molecule has 5 nitrogen and oxygen atoms in total. The van der Waals surface area contributed by atoms with Gasteiger partial charge in [0.1, 0.15) is 5.82 Å². The molecule has 164 valence electrons. The lowest BCUT2D eigenvalue weighted by atomic mass is 9.79. The molecule has 1 saturated heterocycles. The summed E-state index contributed by atoms with van der Waals surface area (Å²) in [5.41, 5.74) is 6.73. The Bertz CT molecular complexity index is 796. The molecule has 1 aromatic rings. The van der Waals surface area contributed by atoms with Crippen molar-refractivity contribution in [2.75, 3.05) is 18.0 Å².